The molecule has 1 aliphatic rings. The smallest absolute Gasteiger partial charge is 0.230 e. The lowest BCUT2D eigenvalue weighted by Gasteiger charge is -2.35. The Balaban J connectivity index is 2.06. The van der Waals surface area contributed by atoms with Gasteiger partial charge in [0, 0.05) is 25.7 Å². The van der Waals surface area contributed by atoms with Crippen molar-refractivity contribution in [3.05, 3.63) is 22.4 Å². The minimum atomic E-state index is -0.00759. The van der Waals surface area contributed by atoms with E-state index < -0.39 is 0 Å². The molecule has 1 aromatic heterocycles. The second-order valence-electron chi connectivity index (χ2n) is 4.36. The molecule has 4 heteroatoms. The van der Waals surface area contributed by atoms with Gasteiger partial charge >= 0.3 is 0 Å². The Morgan fingerprint density at radius 1 is 1.69 bits per heavy atom. The highest BCUT2D eigenvalue weighted by Crippen LogP contribution is 2.21. The predicted molar refractivity (Wildman–Crippen MR) is 66.8 cm³/mol. The van der Waals surface area contributed by atoms with Crippen molar-refractivity contribution in [2.75, 3.05) is 19.6 Å². The zero-order chi connectivity index (χ0) is 11.5. The van der Waals surface area contributed by atoms with Gasteiger partial charge in [-0.15, -0.1) is 0 Å². The molecule has 0 saturated carbocycles. The minimum Gasteiger partial charge on any atom is -0.337 e. The molecule has 0 aromatic carbocycles. The molecule has 2 atom stereocenters. The fourth-order valence-electron chi connectivity index (χ4n) is 2.08. The summed E-state index contributed by atoms with van der Waals surface area (Å²) in [5.41, 5.74) is 1.14. The number of nitrogens with one attached hydrogen (secondary N) is 1. The Morgan fingerprint density at radius 3 is 3.12 bits per heavy atom. The van der Waals surface area contributed by atoms with Crippen molar-refractivity contribution >= 4 is 17.2 Å². The summed E-state index contributed by atoms with van der Waals surface area (Å²) in [5, 5.41) is 7.39. The first kappa shape index (κ1) is 11.6. The maximum Gasteiger partial charge on any atom is 0.230 e. The van der Waals surface area contributed by atoms with Crippen molar-refractivity contribution < 1.29 is 4.79 Å². The first-order valence-corrected chi connectivity index (χ1v) is 6.67. The Labute approximate surface area is 100 Å². The van der Waals surface area contributed by atoms with Gasteiger partial charge < -0.3 is 10.2 Å². The second-order valence-corrected chi connectivity index (χ2v) is 5.14. The Hall–Kier alpha value is -0.870. The summed E-state index contributed by atoms with van der Waals surface area (Å²) in [6, 6.07) is 2.35. The van der Waals surface area contributed by atoms with E-state index in [0.29, 0.717) is 6.04 Å². The van der Waals surface area contributed by atoms with Crippen molar-refractivity contribution in [1.29, 1.82) is 0 Å². The molecule has 1 unspecified atom stereocenters. The molecular weight excluding hydrogens is 220 g/mol. The van der Waals surface area contributed by atoms with E-state index in [4.69, 9.17) is 0 Å². The van der Waals surface area contributed by atoms with E-state index in [1.165, 1.54) is 0 Å². The van der Waals surface area contributed by atoms with Crippen LogP contribution in [0, 0.1) is 0 Å². The van der Waals surface area contributed by atoms with Crippen LogP contribution in [0.25, 0.3) is 0 Å². The average Bonchev–Trinajstić information content (AvgIpc) is 2.81. The van der Waals surface area contributed by atoms with Gasteiger partial charge in [0.05, 0.1) is 5.92 Å². The van der Waals surface area contributed by atoms with Crippen LogP contribution in [0.15, 0.2) is 16.8 Å². The van der Waals surface area contributed by atoms with E-state index in [0.717, 1.165) is 25.2 Å². The lowest BCUT2D eigenvalue weighted by Crippen LogP contribution is -2.53. The predicted octanol–water partition coefficient (Wildman–Crippen LogP) is 1.67. The molecular formula is C12H18N2OS. The van der Waals surface area contributed by atoms with Crippen LogP contribution in [-0.4, -0.2) is 36.5 Å². The molecule has 2 rings (SSSR count). The lowest BCUT2D eigenvalue weighted by atomic mass is 10.0. The van der Waals surface area contributed by atoms with Crippen molar-refractivity contribution in [2.24, 2.45) is 0 Å². The summed E-state index contributed by atoms with van der Waals surface area (Å²) in [5.74, 6) is 0.249. The van der Waals surface area contributed by atoms with E-state index in [1.54, 1.807) is 11.3 Å². The molecule has 1 aliphatic heterocycles. The number of carbonyl (C=O) groups excluding carboxylic acids is 1. The monoisotopic (exact) mass is 238 g/mol. The van der Waals surface area contributed by atoms with Crippen LogP contribution < -0.4 is 5.32 Å². The number of thiophene rings is 1. The van der Waals surface area contributed by atoms with Gasteiger partial charge in [-0.3, -0.25) is 4.79 Å². The highest BCUT2D eigenvalue weighted by Gasteiger charge is 2.27. The van der Waals surface area contributed by atoms with Crippen LogP contribution >= 0.6 is 11.3 Å². The Morgan fingerprint density at radius 2 is 2.50 bits per heavy atom. The molecule has 0 bridgehead atoms. The third-order valence-corrected chi connectivity index (χ3v) is 3.90. The summed E-state index contributed by atoms with van der Waals surface area (Å²) in [7, 11) is 0. The Kier molecular flexibility index (Phi) is 3.61. The van der Waals surface area contributed by atoms with Crippen LogP contribution in [0.3, 0.4) is 0 Å². The molecule has 0 spiro atoms. The maximum atomic E-state index is 12.3. The topological polar surface area (TPSA) is 32.3 Å². The lowest BCUT2D eigenvalue weighted by molar-refractivity contribution is -0.135. The molecule has 2 heterocycles. The number of hydrogen-bond acceptors (Lipinski definition) is 3. The van der Waals surface area contributed by atoms with Crippen LogP contribution in [0.4, 0.5) is 0 Å². The number of piperazine rings is 1. The zero-order valence-corrected chi connectivity index (χ0v) is 10.6. The fourth-order valence-corrected chi connectivity index (χ4v) is 2.84. The highest BCUT2D eigenvalue weighted by molar-refractivity contribution is 7.08. The highest BCUT2D eigenvalue weighted by atomic mass is 32.1. The van der Waals surface area contributed by atoms with Gasteiger partial charge in [0.25, 0.3) is 0 Å². The van der Waals surface area contributed by atoms with Gasteiger partial charge in [0.2, 0.25) is 5.91 Å². The molecule has 3 nitrogen and oxygen atoms in total. The normalized spacial score (nSPS) is 23.1. The summed E-state index contributed by atoms with van der Waals surface area (Å²) < 4.78 is 0. The molecule has 1 fully saturated rings. The van der Waals surface area contributed by atoms with Gasteiger partial charge in [-0.05, 0) is 36.2 Å². The molecule has 88 valence electrons. The summed E-state index contributed by atoms with van der Waals surface area (Å²) in [6.45, 7) is 6.74. The van der Waals surface area contributed by atoms with Gasteiger partial charge in [-0.25, -0.2) is 0 Å². The maximum absolute atomic E-state index is 12.3. The number of nitrogens with zero attached hydrogens (tertiary/aromatic N) is 1. The quantitative estimate of drug-likeness (QED) is 0.850. The van der Waals surface area contributed by atoms with Crippen molar-refractivity contribution in [3.8, 4) is 0 Å². The Bertz CT molecular complexity index is 350. The molecule has 0 radical (unpaired) electrons. The molecule has 1 saturated heterocycles. The SMILES string of the molecule is CC(C(=O)N1CCNC[C@@H]1C)c1ccsc1. The van der Waals surface area contributed by atoms with E-state index in [1.807, 2.05) is 23.3 Å². The molecule has 0 aliphatic carbocycles. The molecule has 1 amide bonds. The first-order chi connectivity index (χ1) is 7.70. The van der Waals surface area contributed by atoms with Crippen LogP contribution in [0.5, 0.6) is 0 Å². The summed E-state index contributed by atoms with van der Waals surface area (Å²) >= 11 is 1.65. The fraction of sp³-hybridized carbons (Fsp3) is 0.583. The van der Waals surface area contributed by atoms with Gasteiger partial charge in [0.1, 0.15) is 0 Å². The second kappa shape index (κ2) is 4.97. The van der Waals surface area contributed by atoms with E-state index >= 15 is 0 Å². The van der Waals surface area contributed by atoms with Crippen LogP contribution in [0.2, 0.25) is 0 Å². The zero-order valence-electron chi connectivity index (χ0n) is 9.77. The van der Waals surface area contributed by atoms with Crippen molar-refractivity contribution in [3.63, 3.8) is 0 Å². The van der Waals surface area contributed by atoms with Gasteiger partial charge in [0.15, 0.2) is 0 Å². The van der Waals surface area contributed by atoms with Gasteiger partial charge in [-0.1, -0.05) is 0 Å². The molecule has 1 aromatic rings. The average molecular weight is 238 g/mol. The van der Waals surface area contributed by atoms with E-state index in [2.05, 4.69) is 17.6 Å². The van der Waals surface area contributed by atoms with E-state index in [-0.39, 0.29) is 11.8 Å². The summed E-state index contributed by atoms with van der Waals surface area (Å²) in [4.78, 5) is 14.3. The largest absolute Gasteiger partial charge is 0.337 e. The third-order valence-electron chi connectivity index (χ3n) is 3.20. The number of amides is 1. The standard InChI is InChI=1S/C12H18N2OS/c1-9-7-13-4-5-14(9)12(15)10(2)11-3-6-16-8-11/h3,6,8-10,13H,4-5,7H2,1-2H3/t9-,10?/m0/s1. The van der Waals surface area contributed by atoms with Crippen LogP contribution in [-0.2, 0) is 4.79 Å². The molecule has 16 heavy (non-hydrogen) atoms. The van der Waals surface area contributed by atoms with Crippen molar-refractivity contribution in [1.82, 2.24) is 10.2 Å². The summed E-state index contributed by atoms with van der Waals surface area (Å²) in [6.07, 6.45) is 0. The van der Waals surface area contributed by atoms with Gasteiger partial charge in [-0.2, -0.15) is 11.3 Å². The molecule has 1 N–H and O–H groups in total. The van der Waals surface area contributed by atoms with E-state index in [9.17, 15) is 4.79 Å². The first-order valence-electron chi connectivity index (χ1n) is 5.73. The van der Waals surface area contributed by atoms with Crippen molar-refractivity contribution in [2.45, 2.75) is 25.8 Å². The van der Waals surface area contributed by atoms with Crippen LogP contribution in [0.1, 0.15) is 25.3 Å². The minimum absolute atomic E-state index is 0.00759. The number of rotatable bonds is 2. The third kappa shape index (κ3) is 2.28. The number of hydrogen-bond donors (Lipinski definition) is 1. The number of carbonyl (C=O) groups is 1.